The largest absolute Gasteiger partial charge is 0.455 e. The Labute approximate surface area is 119 Å². The van der Waals surface area contributed by atoms with Gasteiger partial charge < -0.3 is 10.1 Å². The van der Waals surface area contributed by atoms with Gasteiger partial charge in [0.15, 0.2) is 6.61 Å². The number of benzene rings is 1. The summed E-state index contributed by atoms with van der Waals surface area (Å²) in [5.74, 6) is -1.03. The van der Waals surface area contributed by atoms with Crippen molar-refractivity contribution in [3.05, 3.63) is 33.3 Å². The monoisotopic (exact) mass is 298 g/mol. The summed E-state index contributed by atoms with van der Waals surface area (Å²) in [4.78, 5) is 32.8. The molecule has 1 aliphatic rings. The maximum absolute atomic E-state index is 11.5. The molecule has 0 unspecified atom stereocenters. The summed E-state index contributed by atoms with van der Waals surface area (Å²) >= 11 is 5.65. The van der Waals surface area contributed by atoms with Gasteiger partial charge in [0.1, 0.15) is 5.02 Å². The van der Waals surface area contributed by atoms with E-state index in [1.807, 2.05) is 0 Å². The minimum atomic E-state index is -0.648. The number of esters is 1. The minimum absolute atomic E-state index is 0.0202. The molecule has 20 heavy (non-hydrogen) atoms. The number of hydrogen-bond acceptors (Lipinski definition) is 5. The molecule has 1 N–H and O–H groups in total. The number of carbonyl (C=O) groups is 2. The SMILES string of the molecule is O=C(COC(=O)C1CC1)Nc1ccc(Cl)c([N+](=O)[O-])c1. The van der Waals surface area contributed by atoms with E-state index in [1.54, 1.807) is 0 Å². The highest BCUT2D eigenvalue weighted by molar-refractivity contribution is 6.32. The van der Waals surface area contributed by atoms with Crippen molar-refractivity contribution in [3.8, 4) is 0 Å². The number of anilines is 1. The standard InChI is InChI=1S/C12H11ClN2O5/c13-9-4-3-8(5-10(9)15(18)19)14-11(16)6-20-12(17)7-1-2-7/h3-5,7H,1-2,6H2,(H,14,16). The lowest BCUT2D eigenvalue weighted by Gasteiger charge is -2.06. The molecular formula is C12H11ClN2O5. The first-order valence-electron chi connectivity index (χ1n) is 5.88. The Balaban J connectivity index is 1.91. The number of nitro groups is 1. The van der Waals surface area contributed by atoms with Gasteiger partial charge in [-0.25, -0.2) is 0 Å². The second kappa shape index (κ2) is 5.87. The molecule has 0 bridgehead atoms. The molecule has 1 aromatic carbocycles. The van der Waals surface area contributed by atoms with E-state index in [-0.39, 0.29) is 28.3 Å². The molecule has 1 aliphatic carbocycles. The van der Waals surface area contributed by atoms with Gasteiger partial charge in [-0.2, -0.15) is 0 Å². The topological polar surface area (TPSA) is 98.5 Å². The third-order valence-electron chi connectivity index (χ3n) is 2.68. The normalized spacial score (nSPS) is 13.7. The molecule has 0 saturated heterocycles. The highest BCUT2D eigenvalue weighted by Crippen LogP contribution is 2.30. The van der Waals surface area contributed by atoms with Crippen LogP contribution in [0.1, 0.15) is 12.8 Å². The summed E-state index contributed by atoms with van der Waals surface area (Å²) in [6.45, 7) is -0.411. The third-order valence-corrected chi connectivity index (χ3v) is 3.00. The fraction of sp³-hybridized carbons (Fsp3) is 0.333. The fourth-order valence-corrected chi connectivity index (χ4v) is 1.69. The number of nitrogens with one attached hydrogen (secondary N) is 1. The van der Waals surface area contributed by atoms with Gasteiger partial charge in [-0.1, -0.05) is 11.6 Å². The summed E-state index contributed by atoms with van der Waals surface area (Å²) in [6, 6.07) is 3.88. The van der Waals surface area contributed by atoms with E-state index in [1.165, 1.54) is 12.1 Å². The average Bonchev–Trinajstić information content (AvgIpc) is 3.22. The molecule has 0 atom stereocenters. The Kier molecular flexibility index (Phi) is 4.19. The molecule has 1 aromatic rings. The molecule has 7 nitrogen and oxygen atoms in total. The van der Waals surface area contributed by atoms with Crippen LogP contribution < -0.4 is 5.32 Å². The number of amides is 1. The van der Waals surface area contributed by atoms with E-state index in [4.69, 9.17) is 16.3 Å². The van der Waals surface area contributed by atoms with E-state index in [0.717, 1.165) is 18.9 Å². The highest BCUT2D eigenvalue weighted by atomic mass is 35.5. The van der Waals surface area contributed by atoms with Crippen LogP contribution in [0.25, 0.3) is 0 Å². The first kappa shape index (κ1) is 14.3. The number of nitrogens with zero attached hydrogens (tertiary/aromatic N) is 1. The number of nitro benzene ring substituents is 1. The van der Waals surface area contributed by atoms with Gasteiger partial charge in [0, 0.05) is 11.8 Å². The Bertz CT molecular complexity index is 571. The quantitative estimate of drug-likeness (QED) is 0.510. The molecule has 0 aromatic heterocycles. The first-order valence-corrected chi connectivity index (χ1v) is 6.25. The van der Waals surface area contributed by atoms with E-state index < -0.39 is 17.4 Å². The van der Waals surface area contributed by atoms with Crippen molar-refractivity contribution in [1.29, 1.82) is 0 Å². The Morgan fingerprint density at radius 2 is 2.15 bits per heavy atom. The second-order valence-corrected chi connectivity index (χ2v) is 4.76. The van der Waals surface area contributed by atoms with Crippen molar-refractivity contribution in [3.63, 3.8) is 0 Å². The minimum Gasteiger partial charge on any atom is -0.455 e. The highest BCUT2D eigenvalue weighted by Gasteiger charge is 2.31. The van der Waals surface area contributed by atoms with E-state index in [0.29, 0.717) is 0 Å². The van der Waals surface area contributed by atoms with Crippen LogP contribution in [-0.2, 0) is 14.3 Å². The molecular weight excluding hydrogens is 288 g/mol. The van der Waals surface area contributed by atoms with Gasteiger partial charge in [0.05, 0.1) is 10.8 Å². The van der Waals surface area contributed by atoms with Crippen molar-refractivity contribution in [2.75, 3.05) is 11.9 Å². The summed E-state index contributed by atoms with van der Waals surface area (Å²) in [5, 5.41) is 13.1. The van der Waals surface area contributed by atoms with Crippen LogP contribution in [0.2, 0.25) is 5.02 Å². The molecule has 106 valence electrons. The van der Waals surface area contributed by atoms with Crippen molar-refractivity contribution in [1.82, 2.24) is 0 Å². The van der Waals surface area contributed by atoms with Crippen molar-refractivity contribution in [2.45, 2.75) is 12.8 Å². The zero-order valence-electron chi connectivity index (χ0n) is 10.3. The number of hydrogen-bond donors (Lipinski definition) is 1. The Morgan fingerprint density at radius 1 is 1.45 bits per heavy atom. The zero-order valence-corrected chi connectivity index (χ0v) is 11.1. The molecule has 2 rings (SSSR count). The van der Waals surface area contributed by atoms with Crippen LogP contribution in [0.15, 0.2) is 18.2 Å². The van der Waals surface area contributed by atoms with Gasteiger partial charge in [0.25, 0.3) is 11.6 Å². The first-order chi connectivity index (χ1) is 9.47. The van der Waals surface area contributed by atoms with Crippen LogP contribution >= 0.6 is 11.6 Å². The molecule has 8 heteroatoms. The van der Waals surface area contributed by atoms with Gasteiger partial charge in [-0.3, -0.25) is 19.7 Å². The molecule has 0 spiro atoms. The number of ether oxygens (including phenoxy) is 1. The van der Waals surface area contributed by atoms with Gasteiger partial charge in [0.2, 0.25) is 0 Å². The maximum atomic E-state index is 11.5. The average molecular weight is 299 g/mol. The van der Waals surface area contributed by atoms with Crippen molar-refractivity contribution < 1.29 is 19.2 Å². The van der Waals surface area contributed by atoms with Gasteiger partial charge in [-0.05, 0) is 25.0 Å². The van der Waals surface area contributed by atoms with Crippen LogP contribution in [0.4, 0.5) is 11.4 Å². The predicted molar refractivity (Wildman–Crippen MR) is 70.4 cm³/mol. The van der Waals surface area contributed by atoms with Crippen LogP contribution in [0, 0.1) is 16.0 Å². The van der Waals surface area contributed by atoms with Crippen LogP contribution in [0.3, 0.4) is 0 Å². The van der Waals surface area contributed by atoms with Crippen molar-refractivity contribution in [2.24, 2.45) is 5.92 Å². The second-order valence-electron chi connectivity index (χ2n) is 4.35. The van der Waals surface area contributed by atoms with Crippen LogP contribution in [-0.4, -0.2) is 23.4 Å². The van der Waals surface area contributed by atoms with Crippen molar-refractivity contribution >= 4 is 34.9 Å². The summed E-state index contributed by atoms with van der Waals surface area (Å²) in [5.41, 5.74) is -0.0898. The molecule has 0 radical (unpaired) electrons. The van der Waals surface area contributed by atoms with E-state index in [9.17, 15) is 19.7 Å². The fourth-order valence-electron chi connectivity index (χ4n) is 1.50. The smallest absolute Gasteiger partial charge is 0.309 e. The lowest BCUT2D eigenvalue weighted by Crippen LogP contribution is -2.21. The molecule has 1 fully saturated rings. The van der Waals surface area contributed by atoms with Gasteiger partial charge in [-0.15, -0.1) is 0 Å². The van der Waals surface area contributed by atoms with E-state index >= 15 is 0 Å². The van der Waals surface area contributed by atoms with E-state index in [2.05, 4.69) is 5.32 Å². The Hall–Kier alpha value is -2.15. The molecule has 0 heterocycles. The third kappa shape index (κ3) is 3.67. The maximum Gasteiger partial charge on any atom is 0.309 e. The lowest BCUT2D eigenvalue weighted by atomic mass is 10.3. The molecule has 1 saturated carbocycles. The van der Waals surface area contributed by atoms with Gasteiger partial charge >= 0.3 is 5.97 Å². The number of carbonyl (C=O) groups excluding carboxylic acids is 2. The van der Waals surface area contributed by atoms with Crippen LogP contribution in [0.5, 0.6) is 0 Å². The zero-order chi connectivity index (χ0) is 14.7. The predicted octanol–water partition coefficient (Wildman–Crippen LogP) is 2.14. The number of halogens is 1. The summed E-state index contributed by atoms with van der Waals surface area (Å²) in [7, 11) is 0. The summed E-state index contributed by atoms with van der Waals surface area (Å²) in [6.07, 6.45) is 1.59. The number of rotatable bonds is 5. The Morgan fingerprint density at radius 3 is 2.75 bits per heavy atom. The lowest BCUT2D eigenvalue weighted by molar-refractivity contribution is -0.384. The molecule has 1 amide bonds. The summed E-state index contributed by atoms with van der Waals surface area (Å²) < 4.78 is 4.79. The molecule has 0 aliphatic heterocycles.